The van der Waals surface area contributed by atoms with Crippen molar-refractivity contribution in [3.63, 3.8) is 0 Å². The molecule has 0 fully saturated rings. The van der Waals surface area contributed by atoms with Gasteiger partial charge < -0.3 is 0 Å². The van der Waals surface area contributed by atoms with Crippen molar-refractivity contribution in [3.05, 3.63) is 0 Å². The lowest BCUT2D eigenvalue weighted by Gasteiger charge is -2.21. The number of rotatable bonds is 3. The summed E-state index contributed by atoms with van der Waals surface area (Å²) in [6.07, 6.45) is 0. The fraction of sp³-hybridized carbons (Fsp3) is 1.00. The lowest BCUT2D eigenvalue weighted by atomic mass is 10.7. The largest absolute Gasteiger partial charge is 0.394 e. The van der Waals surface area contributed by atoms with Crippen molar-refractivity contribution in [1.82, 2.24) is 0 Å². The van der Waals surface area contributed by atoms with Crippen LogP contribution in [0.3, 0.4) is 0 Å². The van der Waals surface area contributed by atoms with E-state index < -0.39 is 17.3 Å². The zero-order chi connectivity index (χ0) is 9.28. The van der Waals surface area contributed by atoms with Gasteiger partial charge in [0.25, 0.3) is 0 Å². The molecule has 0 aromatic rings. The predicted molar refractivity (Wildman–Crippen MR) is 27.6 cm³/mol. The Hall–Kier alpha value is 0.190. The summed E-state index contributed by atoms with van der Waals surface area (Å²) in [5.74, 6) is 0. The van der Waals surface area contributed by atoms with E-state index in [9.17, 15) is 22.0 Å². The molecule has 0 aromatic heterocycles. The molecule has 0 spiro atoms. The van der Waals surface area contributed by atoms with E-state index in [1.165, 1.54) is 0 Å². The molecule has 1 nitrogen and oxygen atoms in total. The Morgan fingerprint density at radius 2 is 1.45 bits per heavy atom. The van der Waals surface area contributed by atoms with Gasteiger partial charge in [0.2, 0.25) is 0 Å². The van der Waals surface area contributed by atoms with Crippen molar-refractivity contribution >= 4 is 23.2 Å². The van der Waals surface area contributed by atoms with Crippen molar-refractivity contribution in [2.45, 2.75) is 17.3 Å². The summed E-state index contributed by atoms with van der Waals surface area (Å²) in [4.78, 5) is 0. The lowest BCUT2D eigenvalue weighted by Crippen LogP contribution is -2.38. The summed E-state index contributed by atoms with van der Waals surface area (Å²) >= 11 is 8.13. The van der Waals surface area contributed by atoms with E-state index in [1.54, 1.807) is 0 Å². The van der Waals surface area contributed by atoms with Crippen molar-refractivity contribution in [3.8, 4) is 0 Å². The monoisotopic (exact) mass is 218 g/mol. The molecule has 8 heteroatoms. The molecule has 0 aliphatic rings. The first-order valence-corrected chi connectivity index (χ1v) is 2.83. The summed E-state index contributed by atoms with van der Waals surface area (Å²) in [7, 11) is 0. The van der Waals surface area contributed by atoms with E-state index in [0.717, 1.165) is 0 Å². The second-order valence-electron chi connectivity index (χ2n) is 1.39. The molecule has 68 valence electrons. The van der Waals surface area contributed by atoms with Gasteiger partial charge in [-0.3, -0.25) is 4.74 Å². The van der Waals surface area contributed by atoms with Crippen LogP contribution >= 0.6 is 23.2 Å². The van der Waals surface area contributed by atoms with Gasteiger partial charge in [0.05, 0.1) is 0 Å². The summed E-state index contributed by atoms with van der Waals surface area (Å²) in [6, 6.07) is 0. The predicted octanol–water partition coefficient (Wildman–Crippen LogP) is 2.92. The van der Waals surface area contributed by atoms with Crippen LogP contribution in [0.1, 0.15) is 0 Å². The van der Waals surface area contributed by atoms with Gasteiger partial charge in [-0.15, -0.1) is 0 Å². The molecule has 1 unspecified atom stereocenters. The van der Waals surface area contributed by atoms with Gasteiger partial charge in [0.15, 0.2) is 0 Å². The van der Waals surface area contributed by atoms with E-state index in [1.807, 2.05) is 0 Å². The van der Waals surface area contributed by atoms with Crippen LogP contribution in [0.25, 0.3) is 0 Å². The van der Waals surface area contributed by atoms with Gasteiger partial charge in [0.1, 0.15) is 0 Å². The first-order chi connectivity index (χ1) is 4.67. The molecular formula is C3HCl2F5O. The van der Waals surface area contributed by atoms with Crippen LogP contribution in [0.4, 0.5) is 22.0 Å². The maximum atomic E-state index is 12.0. The summed E-state index contributed by atoms with van der Waals surface area (Å²) in [6.45, 7) is -3.76. The SMILES string of the molecule is FC(F)OC(F)(Cl)C(F)(F)Cl. The van der Waals surface area contributed by atoms with E-state index in [2.05, 4.69) is 27.9 Å². The number of halogens is 7. The number of hydrogen-bond donors (Lipinski definition) is 0. The average molecular weight is 219 g/mol. The molecule has 0 rings (SSSR count). The van der Waals surface area contributed by atoms with Crippen LogP contribution in [0, 0.1) is 0 Å². The Kier molecular flexibility index (Phi) is 3.34. The molecule has 11 heavy (non-hydrogen) atoms. The number of alkyl halides is 7. The Morgan fingerprint density at radius 1 is 1.09 bits per heavy atom. The first-order valence-electron chi connectivity index (χ1n) is 2.07. The summed E-state index contributed by atoms with van der Waals surface area (Å²) in [5, 5.41) is -9.09. The van der Waals surface area contributed by atoms with Gasteiger partial charge in [-0.25, -0.2) is 0 Å². The van der Waals surface area contributed by atoms with Gasteiger partial charge in [-0.1, -0.05) is 0 Å². The lowest BCUT2D eigenvalue weighted by molar-refractivity contribution is -0.272. The summed E-state index contributed by atoms with van der Waals surface area (Å²) in [5.41, 5.74) is 0. The van der Waals surface area contributed by atoms with Gasteiger partial charge in [0, 0.05) is 0 Å². The Labute approximate surface area is 68.0 Å². The molecule has 0 saturated carbocycles. The third-order valence-corrected chi connectivity index (χ3v) is 1.23. The minimum atomic E-state index is -4.70. The van der Waals surface area contributed by atoms with Crippen LogP contribution < -0.4 is 0 Å². The fourth-order valence-electron chi connectivity index (χ4n) is 0.179. The fourth-order valence-corrected chi connectivity index (χ4v) is 0.291. The standard InChI is InChI=1S/C3HCl2F5O/c4-2(8,9)3(5,10)11-1(6)7/h1H. The van der Waals surface area contributed by atoms with Gasteiger partial charge in [-0.2, -0.15) is 22.0 Å². The molecule has 0 aromatic carbocycles. The highest BCUT2D eigenvalue weighted by Crippen LogP contribution is 2.41. The van der Waals surface area contributed by atoms with E-state index in [0.29, 0.717) is 0 Å². The van der Waals surface area contributed by atoms with E-state index >= 15 is 0 Å². The molecule has 0 amide bonds. The Morgan fingerprint density at radius 3 is 1.55 bits per heavy atom. The molecule has 0 N–H and O–H groups in total. The summed E-state index contributed by atoms with van der Waals surface area (Å²) < 4.78 is 60.3. The van der Waals surface area contributed by atoms with Crippen molar-refractivity contribution < 1.29 is 26.7 Å². The van der Waals surface area contributed by atoms with Crippen molar-refractivity contribution in [2.75, 3.05) is 0 Å². The Bertz CT molecular complexity index is 132. The maximum Gasteiger partial charge on any atom is 0.394 e. The molecule has 0 saturated heterocycles. The smallest absolute Gasteiger partial charge is 0.266 e. The average Bonchev–Trinajstić information content (AvgIpc) is 1.56. The second kappa shape index (κ2) is 3.28. The molecular weight excluding hydrogens is 218 g/mol. The topological polar surface area (TPSA) is 9.23 Å². The molecule has 0 aliphatic heterocycles. The highest BCUT2D eigenvalue weighted by Gasteiger charge is 2.56. The van der Waals surface area contributed by atoms with Crippen LogP contribution in [0.2, 0.25) is 0 Å². The number of hydrogen-bond acceptors (Lipinski definition) is 1. The normalized spacial score (nSPS) is 18.5. The van der Waals surface area contributed by atoms with Crippen molar-refractivity contribution in [1.29, 1.82) is 0 Å². The highest BCUT2D eigenvalue weighted by molar-refractivity contribution is 6.31. The third kappa shape index (κ3) is 3.39. The van der Waals surface area contributed by atoms with E-state index in [-0.39, 0.29) is 0 Å². The zero-order valence-corrected chi connectivity index (χ0v) is 6.14. The molecule has 0 bridgehead atoms. The Balaban J connectivity index is 4.22. The molecule has 1 atom stereocenters. The van der Waals surface area contributed by atoms with Crippen LogP contribution in [-0.4, -0.2) is 17.3 Å². The quantitative estimate of drug-likeness (QED) is 0.523. The van der Waals surface area contributed by atoms with Crippen molar-refractivity contribution in [2.24, 2.45) is 0 Å². The minimum Gasteiger partial charge on any atom is -0.266 e. The van der Waals surface area contributed by atoms with Gasteiger partial charge in [-0.05, 0) is 23.2 Å². The minimum absolute atomic E-state index is 2.69. The van der Waals surface area contributed by atoms with Gasteiger partial charge >= 0.3 is 17.3 Å². The highest BCUT2D eigenvalue weighted by atomic mass is 35.5. The second-order valence-corrected chi connectivity index (χ2v) is 2.35. The third-order valence-electron chi connectivity index (χ3n) is 0.567. The molecule has 0 aliphatic carbocycles. The molecule has 0 heterocycles. The number of ether oxygens (including phenoxy) is 1. The zero-order valence-electron chi connectivity index (χ0n) is 4.63. The maximum absolute atomic E-state index is 12.0. The van der Waals surface area contributed by atoms with Crippen LogP contribution in [0.15, 0.2) is 0 Å². The molecule has 0 radical (unpaired) electrons. The first kappa shape index (κ1) is 11.2. The van der Waals surface area contributed by atoms with Crippen LogP contribution in [0.5, 0.6) is 0 Å². The van der Waals surface area contributed by atoms with E-state index in [4.69, 9.17) is 0 Å². The van der Waals surface area contributed by atoms with Crippen LogP contribution in [-0.2, 0) is 4.74 Å².